The largest absolute Gasteiger partial charge is 0.330 e. The molecule has 0 heterocycles. The van der Waals surface area contributed by atoms with Crippen LogP contribution in [0, 0.1) is 0 Å². The van der Waals surface area contributed by atoms with E-state index in [0.29, 0.717) is 11.7 Å². The van der Waals surface area contributed by atoms with Crippen molar-refractivity contribution in [3.05, 3.63) is 0 Å². The van der Waals surface area contributed by atoms with Gasteiger partial charge in [0.25, 0.3) is 0 Å². The van der Waals surface area contributed by atoms with Gasteiger partial charge < -0.3 is 5.73 Å². The van der Waals surface area contributed by atoms with E-state index < -0.39 is 0 Å². The van der Waals surface area contributed by atoms with E-state index in [1.807, 2.05) is 0 Å². The SMILES string of the molecule is CCCCCCCC(=O)SCCN. The van der Waals surface area contributed by atoms with Crippen molar-refractivity contribution >= 4 is 16.9 Å². The van der Waals surface area contributed by atoms with Gasteiger partial charge >= 0.3 is 0 Å². The third kappa shape index (κ3) is 9.90. The minimum absolute atomic E-state index is 0.307. The third-order valence-corrected chi connectivity index (χ3v) is 2.83. The first-order chi connectivity index (χ1) is 6.31. The quantitative estimate of drug-likeness (QED) is 0.617. The van der Waals surface area contributed by atoms with Crippen molar-refractivity contribution in [3.63, 3.8) is 0 Å². The van der Waals surface area contributed by atoms with Crippen LogP contribution in [0.25, 0.3) is 0 Å². The Balaban J connectivity index is 3.08. The highest BCUT2D eigenvalue weighted by Crippen LogP contribution is 2.10. The van der Waals surface area contributed by atoms with E-state index in [1.165, 1.54) is 37.4 Å². The summed E-state index contributed by atoms with van der Waals surface area (Å²) in [4.78, 5) is 11.1. The molecule has 2 nitrogen and oxygen atoms in total. The highest BCUT2D eigenvalue weighted by atomic mass is 32.2. The number of hydrogen-bond donors (Lipinski definition) is 1. The normalized spacial score (nSPS) is 10.3. The number of unbranched alkanes of at least 4 members (excludes halogenated alkanes) is 4. The molecule has 2 N–H and O–H groups in total. The standard InChI is InChI=1S/C10H21NOS/c1-2-3-4-5-6-7-10(12)13-9-8-11/h2-9,11H2,1H3. The Bertz CT molecular complexity index is 128. The molecular weight excluding hydrogens is 182 g/mol. The van der Waals surface area contributed by atoms with Gasteiger partial charge in [0, 0.05) is 18.7 Å². The maximum atomic E-state index is 11.1. The van der Waals surface area contributed by atoms with Crippen LogP contribution in [0.5, 0.6) is 0 Å². The molecule has 0 saturated heterocycles. The summed E-state index contributed by atoms with van der Waals surface area (Å²) < 4.78 is 0. The van der Waals surface area contributed by atoms with Crippen LogP contribution >= 0.6 is 11.8 Å². The lowest BCUT2D eigenvalue weighted by Gasteiger charge is -1.99. The first kappa shape index (κ1) is 13.0. The summed E-state index contributed by atoms with van der Waals surface area (Å²) in [7, 11) is 0. The van der Waals surface area contributed by atoms with Crippen LogP contribution in [0.3, 0.4) is 0 Å². The van der Waals surface area contributed by atoms with E-state index in [-0.39, 0.29) is 0 Å². The monoisotopic (exact) mass is 203 g/mol. The molecule has 0 saturated carbocycles. The molecule has 0 bridgehead atoms. The van der Waals surface area contributed by atoms with E-state index >= 15 is 0 Å². The third-order valence-electron chi connectivity index (χ3n) is 1.87. The second-order valence-corrected chi connectivity index (χ2v) is 4.33. The van der Waals surface area contributed by atoms with Crippen molar-refractivity contribution in [1.29, 1.82) is 0 Å². The molecule has 0 spiro atoms. The van der Waals surface area contributed by atoms with Crippen molar-refractivity contribution < 1.29 is 4.79 Å². The summed E-state index contributed by atoms with van der Waals surface area (Å²) in [5, 5.41) is 0.307. The molecule has 0 aliphatic rings. The molecule has 0 atom stereocenters. The number of nitrogens with two attached hydrogens (primary N) is 1. The van der Waals surface area contributed by atoms with Crippen LogP contribution in [0.15, 0.2) is 0 Å². The van der Waals surface area contributed by atoms with Gasteiger partial charge in [-0.2, -0.15) is 0 Å². The Morgan fingerprint density at radius 2 is 1.92 bits per heavy atom. The van der Waals surface area contributed by atoms with Crippen molar-refractivity contribution in [1.82, 2.24) is 0 Å². The Kier molecular flexibility index (Phi) is 10.0. The fourth-order valence-electron chi connectivity index (χ4n) is 1.12. The van der Waals surface area contributed by atoms with Gasteiger partial charge in [-0.1, -0.05) is 44.4 Å². The van der Waals surface area contributed by atoms with Crippen molar-refractivity contribution in [3.8, 4) is 0 Å². The van der Waals surface area contributed by atoms with E-state index in [0.717, 1.165) is 18.6 Å². The maximum absolute atomic E-state index is 11.1. The molecule has 0 rings (SSSR count). The molecular formula is C10H21NOS. The molecule has 0 unspecified atom stereocenters. The summed E-state index contributed by atoms with van der Waals surface area (Å²) in [5.41, 5.74) is 5.30. The summed E-state index contributed by atoms with van der Waals surface area (Å²) in [6, 6.07) is 0. The van der Waals surface area contributed by atoms with Crippen molar-refractivity contribution in [2.75, 3.05) is 12.3 Å². The van der Waals surface area contributed by atoms with Crippen LogP contribution in [-0.2, 0) is 4.79 Å². The molecule has 3 heteroatoms. The summed E-state index contributed by atoms with van der Waals surface area (Å²) in [5.74, 6) is 0.772. The smallest absolute Gasteiger partial charge is 0.188 e. The lowest BCUT2D eigenvalue weighted by atomic mass is 10.1. The zero-order valence-electron chi connectivity index (χ0n) is 8.55. The molecule has 13 heavy (non-hydrogen) atoms. The van der Waals surface area contributed by atoms with Gasteiger partial charge in [-0.25, -0.2) is 0 Å². The van der Waals surface area contributed by atoms with Gasteiger partial charge in [-0.15, -0.1) is 0 Å². The van der Waals surface area contributed by atoms with Crippen LogP contribution in [-0.4, -0.2) is 17.4 Å². The highest BCUT2D eigenvalue weighted by Gasteiger charge is 2.00. The average Bonchev–Trinajstić information content (AvgIpc) is 2.14. The minimum atomic E-state index is 0.307. The van der Waals surface area contributed by atoms with Gasteiger partial charge in [0.1, 0.15) is 0 Å². The summed E-state index contributed by atoms with van der Waals surface area (Å²) >= 11 is 1.38. The molecule has 0 aromatic rings. The predicted molar refractivity (Wildman–Crippen MR) is 59.9 cm³/mol. The molecule has 0 aromatic heterocycles. The van der Waals surface area contributed by atoms with E-state index in [4.69, 9.17) is 5.73 Å². The Labute approximate surface area is 85.6 Å². The number of carbonyl (C=O) groups is 1. The molecule has 0 amide bonds. The Hall–Kier alpha value is -0.0200. The number of hydrogen-bond acceptors (Lipinski definition) is 3. The zero-order valence-corrected chi connectivity index (χ0v) is 9.37. The van der Waals surface area contributed by atoms with Gasteiger partial charge in [-0.3, -0.25) is 4.79 Å². The first-order valence-corrected chi connectivity index (χ1v) is 6.15. The second-order valence-electron chi connectivity index (χ2n) is 3.17. The predicted octanol–water partition coefficient (Wildman–Crippen LogP) is 2.57. The van der Waals surface area contributed by atoms with E-state index in [9.17, 15) is 4.79 Å². The lowest BCUT2D eigenvalue weighted by molar-refractivity contribution is -0.111. The molecule has 0 aliphatic heterocycles. The van der Waals surface area contributed by atoms with E-state index in [1.54, 1.807) is 0 Å². The fourth-order valence-corrected chi connectivity index (χ4v) is 1.75. The fraction of sp³-hybridized carbons (Fsp3) is 0.900. The van der Waals surface area contributed by atoms with Gasteiger partial charge in [0.05, 0.1) is 0 Å². The summed E-state index contributed by atoms with van der Waals surface area (Å²) in [6.07, 6.45) is 6.80. The van der Waals surface area contributed by atoms with Crippen molar-refractivity contribution in [2.45, 2.75) is 45.4 Å². The molecule has 0 radical (unpaired) electrons. The molecule has 0 aliphatic carbocycles. The average molecular weight is 203 g/mol. The molecule has 78 valence electrons. The van der Waals surface area contributed by atoms with Crippen LogP contribution < -0.4 is 5.73 Å². The number of carbonyl (C=O) groups excluding carboxylic acids is 1. The Morgan fingerprint density at radius 3 is 2.54 bits per heavy atom. The van der Waals surface area contributed by atoms with Crippen LogP contribution in [0.1, 0.15) is 45.4 Å². The lowest BCUT2D eigenvalue weighted by Crippen LogP contribution is -2.04. The Morgan fingerprint density at radius 1 is 1.23 bits per heavy atom. The number of thioether (sulfide) groups is 1. The summed E-state index contributed by atoms with van der Waals surface area (Å²) in [6.45, 7) is 2.80. The molecule has 0 aromatic carbocycles. The van der Waals surface area contributed by atoms with Crippen LogP contribution in [0.2, 0.25) is 0 Å². The molecule has 0 fully saturated rings. The minimum Gasteiger partial charge on any atom is -0.330 e. The van der Waals surface area contributed by atoms with Gasteiger partial charge in [-0.05, 0) is 6.42 Å². The maximum Gasteiger partial charge on any atom is 0.188 e. The zero-order chi connectivity index (χ0) is 9.94. The number of rotatable bonds is 8. The van der Waals surface area contributed by atoms with Gasteiger partial charge in [0.2, 0.25) is 0 Å². The second kappa shape index (κ2) is 10.1. The first-order valence-electron chi connectivity index (χ1n) is 5.17. The van der Waals surface area contributed by atoms with Crippen molar-refractivity contribution in [2.24, 2.45) is 5.73 Å². The van der Waals surface area contributed by atoms with E-state index in [2.05, 4.69) is 6.92 Å². The topological polar surface area (TPSA) is 43.1 Å². The van der Waals surface area contributed by atoms with Gasteiger partial charge in [0.15, 0.2) is 5.12 Å². The highest BCUT2D eigenvalue weighted by molar-refractivity contribution is 8.13. The van der Waals surface area contributed by atoms with Crippen LogP contribution in [0.4, 0.5) is 0 Å².